The number of para-hydroxylation sites is 1. The highest BCUT2D eigenvalue weighted by Gasteiger charge is 2.14. The summed E-state index contributed by atoms with van der Waals surface area (Å²) in [5.74, 6) is 5.68. The van der Waals surface area contributed by atoms with E-state index in [4.69, 9.17) is 5.84 Å². The zero-order valence-corrected chi connectivity index (χ0v) is 12.0. The molecule has 3 rings (SSSR count). The molecule has 4 nitrogen and oxygen atoms in total. The van der Waals surface area contributed by atoms with Crippen LogP contribution >= 0.6 is 11.3 Å². The number of rotatable bonds is 4. The second kappa shape index (κ2) is 5.66. The number of hydrogen-bond donors (Lipinski definition) is 2. The number of nitrogens with one attached hydrogen (secondary N) is 1. The van der Waals surface area contributed by atoms with Crippen molar-refractivity contribution in [2.24, 2.45) is 5.84 Å². The lowest BCUT2D eigenvalue weighted by molar-refractivity contribution is 0.554. The lowest BCUT2D eigenvalue weighted by atomic mass is 10.1. The van der Waals surface area contributed by atoms with Gasteiger partial charge in [-0.15, -0.1) is 11.3 Å². The van der Waals surface area contributed by atoms with Crippen LogP contribution in [0.4, 0.5) is 0 Å². The van der Waals surface area contributed by atoms with Gasteiger partial charge in [-0.25, -0.2) is 4.98 Å². The minimum Gasteiger partial charge on any atom is -0.271 e. The Balaban J connectivity index is 1.87. The number of fused-ring (bicyclic) bond motifs is 1. The van der Waals surface area contributed by atoms with Gasteiger partial charge in [0.25, 0.3) is 0 Å². The van der Waals surface area contributed by atoms with E-state index in [9.17, 15) is 0 Å². The fourth-order valence-electron chi connectivity index (χ4n) is 2.21. The molecule has 2 heterocycles. The number of hydrazine groups is 1. The molecule has 1 aromatic carbocycles. The number of nitrogens with zero attached hydrogens (tertiary/aromatic N) is 2. The first-order valence-corrected chi connectivity index (χ1v) is 7.31. The Morgan fingerprint density at radius 2 is 2.10 bits per heavy atom. The minimum absolute atomic E-state index is 0.0508. The highest BCUT2D eigenvalue weighted by Crippen LogP contribution is 2.23. The molecule has 0 radical (unpaired) electrons. The molecule has 3 aromatic rings. The SMILES string of the molecule is Cc1ncc(C(Cc2ccc3ccccc3n2)NN)s1. The van der Waals surface area contributed by atoms with E-state index in [1.54, 1.807) is 11.3 Å². The molecule has 0 amide bonds. The molecular weight excluding hydrogens is 268 g/mol. The molecule has 5 heteroatoms. The second-order valence-corrected chi connectivity index (χ2v) is 5.97. The van der Waals surface area contributed by atoms with E-state index in [2.05, 4.69) is 33.6 Å². The molecule has 0 aliphatic heterocycles. The molecule has 1 unspecified atom stereocenters. The van der Waals surface area contributed by atoms with Crippen molar-refractivity contribution in [1.82, 2.24) is 15.4 Å². The van der Waals surface area contributed by atoms with Crippen molar-refractivity contribution >= 4 is 22.2 Å². The average molecular weight is 284 g/mol. The van der Waals surface area contributed by atoms with Crippen LogP contribution in [0.15, 0.2) is 42.6 Å². The number of thiazole rings is 1. The Bertz CT molecular complexity index is 722. The maximum absolute atomic E-state index is 5.68. The summed E-state index contributed by atoms with van der Waals surface area (Å²) in [5, 5.41) is 2.20. The lowest BCUT2D eigenvalue weighted by Gasteiger charge is -2.13. The molecule has 0 saturated heterocycles. The van der Waals surface area contributed by atoms with Gasteiger partial charge in [0.15, 0.2) is 0 Å². The molecule has 0 bridgehead atoms. The average Bonchev–Trinajstić information content (AvgIpc) is 2.91. The summed E-state index contributed by atoms with van der Waals surface area (Å²) in [6, 6.07) is 12.3. The van der Waals surface area contributed by atoms with Crippen molar-refractivity contribution in [1.29, 1.82) is 0 Å². The van der Waals surface area contributed by atoms with E-state index in [1.165, 1.54) is 0 Å². The van der Waals surface area contributed by atoms with Gasteiger partial charge >= 0.3 is 0 Å². The van der Waals surface area contributed by atoms with Crippen molar-refractivity contribution in [3.63, 3.8) is 0 Å². The smallest absolute Gasteiger partial charge is 0.0897 e. The van der Waals surface area contributed by atoms with Crippen LogP contribution in [-0.4, -0.2) is 9.97 Å². The van der Waals surface area contributed by atoms with Crippen LogP contribution in [0.1, 0.15) is 21.6 Å². The molecule has 0 spiro atoms. The zero-order chi connectivity index (χ0) is 13.9. The number of nitrogens with two attached hydrogens (primary N) is 1. The first kappa shape index (κ1) is 13.2. The van der Waals surface area contributed by atoms with Gasteiger partial charge in [-0.2, -0.15) is 0 Å². The van der Waals surface area contributed by atoms with E-state index >= 15 is 0 Å². The lowest BCUT2D eigenvalue weighted by Crippen LogP contribution is -2.29. The zero-order valence-electron chi connectivity index (χ0n) is 11.2. The Labute approximate surface area is 121 Å². The van der Waals surface area contributed by atoms with Crippen molar-refractivity contribution in [2.75, 3.05) is 0 Å². The first-order chi connectivity index (χ1) is 9.76. The van der Waals surface area contributed by atoms with Gasteiger partial charge in [-0.3, -0.25) is 16.3 Å². The molecule has 2 aromatic heterocycles. The summed E-state index contributed by atoms with van der Waals surface area (Å²) in [7, 11) is 0. The predicted molar refractivity (Wildman–Crippen MR) is 82.4 cm³/mol. The number of pyridine rings is 1. The summed E-state index contributed by atoms with van der Waals surface area (Å²) in [6.45, 7) is 2.00. The Morgan fingerprint density at radius 3 is 2.85 bits per heavy atom. The highest BCUT2D eigenvalue weighted by atomic mass is 32.1. The van der Waals surface area contributed by atoms with Crippen molar-refractivity contribution in [3.8, 4) is 0 Å². The number of benzene rings is 1. The van der Waals surface area contributed by atoms with Crippen molar-refractivity contribution in [2.45, 2.75) is 19.4 Å². The fourth-order valence-corrected chi connectivity index (χ4v) is 3.06. The summed E-state index contributed by atoms with van der Waals surface area (Å²) in [4.78, 5) is 10.1. The van der Waals surface area contributed by atoms with Crippen LogP contribution in [0.2, 0.25) is 0 Å². The van der Waals surface area contributed by atoms with Crippen LogP contribution in [-0.2, 0) is 6.42 Å². The molecule has 3 N–H and O–H groups in total. The maximum Gasteiger partial charge on any atom is 0.0897 e. The van der Waals surface area contributed by atoms with Gasteiger partial charge in [0.05, 0.1) is 16.6 Å². The fraction of sp³-hybridized carbons (Fsp3) is 0.200. The second-order valence-electron chi connectivity index (χ2n) is 4.70. The largest absolute Gasteiger partial charge is 0.271 e. The topological polar surface area (TPSA) is 63.8 Å². The molecule has 0 aliphatic carbocycles. The molecule has 0 saturated carbocycles. The summed E-state index contributed by atoms with van der Waals surface area (Å²) in [6.07, 6.45) is 2.63. The summed E-state index contributed by atoms with van der Waals surface area (Å²) in [5.41, 5.74) is 4.90. The molecule has 102 valence electrons. The number of aryl methyl sites for hydroxylation is 1. The van der Waals surface area contributed by atoms with E-state index in [0.717, 1.165) is 32.9 Å². The Hall–Kier alpha value is -1.82. The third-order valence-electron chi connectivity index (χ3n) is 3.25. The van der Waals surface area contributed by atoms with Crippen LogP contribution in [0.3, 0.4) is 0 Å². The summed E-state index contributed by atoms with van der Waals surface area (Å²) < 4.78 is 0. The van der Waals surface area contributed by atoms with E-state index in [0.29, 0.717) is 0 Å². The highest BCUT2D eigenvalue weighted by molar-refractivity contribution is 7.11. The van der Waals surface area contributed by atoms with Gasteiger partial charge in [0, 0.05) is 28.6 Å². The van der Waals surface area contributed by atoms with Gasteiger partial charge in [0.1, 0.15) is 0 Å². The summed E-state index contributed by atoms with van der Waals surface area (Å²) >= 11 is 1.66. The Kier molecular flexibility index (Phi) is 3.73. The van der Waals surface area contributed by atoms with E-state index in [1.807, 2.05) is 31.3 Å². The maximum atomic E-state index is 5.68. The standard InChI is InChI=1S/C15H16N4S/c1-10-17-9-15(20-10)14(19-16)8-12-7-6-11-4-2-3-5-13(11)18-12/h2-7,9,14,19H,8,16H2,1H3. The van der Waals surface area contributed by atoms with Crippen LogP contribution < -0.4 is 11.3 Å². The van der Waals surface area contributed by atoms with Crippen molar-refractivity contribution in [3.05, 3.63) is 58.2 Å². The molecular formula is C15H16N4S. The van der Waals surface area contributed by atoms with Gasteiger partial charge in [-0.1, -0.05) is 24.3 Å². The minimum atomic E-state index is 0.0508. The van der Waals surface area contributed by atoms with Gasteiger partial charge in [0.2, 0.25) is 0 Å². The normalized spacial score (nSPS) is 12.7. The number of aromatic nitrogens is 2. The number of hydrogen-bond acceptors (Lipinski definition) is 5. The molecule has 0 fully saturated rings. The van der Waals surface area contributed by atoms with Gasteiger partial charge < -0.3 is 0 Å². The predicted octanol–water partition coefficient (Wildman–Crippen LogP) is 2.75. The monoisotopic (exact) mass is 284 g/mol. The van der Waals surface area contributed by atoms with E-state index < -0.39 is 0 Å². The van der Waals surface area contributed by atoms with Crippen LogP contribution in [0.5, 0.6) is 0 Å². The van der Waals surface area contributed by atoms with Crippen LogP contribution in [0.25, 0.3) is 10.9 Å². The third-order valence-corrected chi connectivity index (χ3v) is 4.28. The molecule has 1 atom stereocenters. The molecule has 0 aliphatic rings. The Morgan fingerprint density at radius 1 is 1.25 bits per heavy atom. The van der Waals surface area contributed by atoms with Gasteiger partial charge in [-0.05, 0) is 19.1 Å². The van der Waals surface area contributed by atoms with E-state index in [-0.39, 0.29) is 6.04 Å². The first-order valence-electron chi connectivity index (χ1n) is 6.49. The van der Waals surface area contributed by atoms with Crippen molar-refractivity contribution < 1.29 is 0 Å². The third kappa shape index (κ3) is 2.70. The molecule has 20 heavy (non-hydrogen) atoms. The van der Waals surface area contributed by atoms with Crippen LogP contribution in [0, 0.1) is 6.92 Å². The quantitative estimate of drug-likeness (QED) is 0.571.